The number of Topliss-reactive ketones (excluding diaryl/α,β-unsaturated/α-hetero) is 1. The van der Waals surface area contributed by atoms with Crippen molar-refractivity contribution in [3.8, 4) is 17.2 Å². The normalized spacial score (nSPS) is 14.0. The standard InChI is InChI=1S/C22H21BrO6/c1-12(2)28-20(24)11-27-17-8-6-16-21(25)19(29-22(16)13(17)3)10-14-9-15(23)5-7-18(14)26-4/h5-10,12H,11H2,1-4H3/b19-10-. The Hall–Kier alpha value is -2.80. The molecule has 0 radical (unpaired) electrons. The Bertz CT molecular complexity index is 993. The second kappa shape index (κ2) is 8.69. The van der Waals surface area contributed by atoms with Gasteiger partial charge >= 0.3 is 5.97 Å². The van der Waals surface area contributed by atoms with Gasteiger partial charge in [-0.2, -0.15) is 0 Å². The van der Waals surface area contributed by atoms with Gasteiger partial charge in [0.1, 0.15) is 17.2 Å². The minimum Gasteiger partial charge on any atom is -0.496 e. The molecule has 0 bridgehead atoms. The summed E-state index contributed by atoms with van der Waals surface area (Å²) in [6, 6.07) is 8.78. The average Bonchev–Trinajstić information content (AvgIpc) is 2.97. The number of esters is 1. The molecular formula is C22H21BrO6. The number of halogens is 1. The lowest BCUT2D eigenvalue weighted by Crippen LogP contribution is -2.19. The van der Waals surface area contributed by atoms with Gasteiger partial charge in [-0.05, 0) is 57.2 Å². The van der Waals surface area contributed by atoms with Crippen molar-refractivity contribution in [2.24, 2.45) is 0 Å². The van der Waals surface area contributed by atoms with Crippen LogP contribution >= 0.6 is 15.9 Å². The summed E-state index contributed by atoms with van der Waals surface area (Å²) in [5.41, 5.74) is 1.79. The lowest BCUT2D eigenvalue weighted by atomic mass is 10.1. The molecule has 152 valence electrons. The third kappa shape index (κ3) is 4.62. The van der Waals surface area contributed by atoms with Crippen LogP contribution in [0.15, 0.2) is 40.6 Å². The minimum atomic E-state index is -0.459. The van der Waals surface area contributed by atoms with Crippen LogP contribution in [0.3, 0.4) is 0 Å². The summed E-state index contributed by atoms with van der Waals surface area (Å²) in [5.74, 6) is 1.01. The van der Waals surface area contributed by atoms with Crippen LogP contribution < -0.4 is 14.2 Å². The van der Waals surface area contributed by atoms with Gasteiger partial charge in [-0.15, -0.1) is 0 Å². The number of benzene rings is 2. The number of ether oxygens (including phenoxy) is 4. The molecule has 0 fully saturated rings. The first-order chi connectivity index (χ1) is 13.8. The third-order valence-electron chi connectivity index (χ3n) is 4.23. The first kappa shape index (κ1) is 20.9. The molecule has 3 rings (SSSR count). The van der Waals surface area contributed by atoms with Crippen molar-refractivity contribution in [1.82, 2.24) is 0 Å². The van der Waals surface area contributed by atoms with E-state index in [4.69, 9.17) is 18.9 Å². The number of hydrogen-bond donors (Lipinski definition) is 0. The monoisotopic (exact) mass is 460 g/mol. The Labute approximate surface area is 177 Å². The number of rotatable bonds is 6. The van der Waals surface area contributed by atoms with Crippen molar-refractivity contribution in [1.29, 1.82) is 0 Å². The van der Waals surface area contributed by atoms with Gasteiger partial charge in [-0.25, -0.2) is 4.79 Å². The molecule has 2 aromatic rings. The predicted octanol–water partition coefficient (Wildman–Crippen LogP) is 4.71. The highest BCUT2D eigenvalue weighted by Crippen LogP contribution is 2.40. The van der Waals surface area contributed by atoms with Gasteiger partial charge in [0.2, 0.25) is 5.78 Å². The van der Waals surface area contributed by atoms with E-state index in [1.54, 1.807) is 52.2 Å². The molecule has 7 heteroatoms. The van der Waals surface area contributed by atoms with Crippen molar-refractivity contribution >= 4 is 33.8 Å². The van der Waals surface area contributed by atoms with E-state index in [0.29, 0.717) is 33.9 Å². The highest BCUT2D eigenvalue weighted by Gasteiger charge is 2.30. The zero-order chi connectivity index (χ0) is 21.1. The van der Waals surface area contributed by atoms with Gasteiger partial charge in [0.25, 0.3) is 0 Å². The van der Waals surface area contributed by atoms with E-state index in [1.807, 2.05) is 12.1 Å². The lowest BCUT2D eigenvalue weighted by molar-refractivity contribution is -0.149. The van der Waals surface area contributed by atoms with E-state index in [0.717, 1.165) is 4.47 Å². The molecule has 0 aromatic heterocycles. The average molecular weight is 461 g/mol. The molecule has 0 aliphatic carbocycles. The fourth-order valence-corrected chi connectivity index (χ4v) is 3.30. The van der Waals surface area contributed by atoms with E-state index in [-0.39, 0.29) is 24.3 Å². The summed E-state index contributed by atoms with van der Waals surface area (Å²) in [6.45, 7) is 5.10. The van der Waals surface area contributed by atoms with E-state index in [2.05, 4.69) is 15.9 Å². The summed E-state index contributed by atoms with van der Waals surface area (Å²) in [6.07, 6.45) is 1.43. The zero-order valence-electron chi connectivity index (χ0n) is 16.6. The molecule has 6 nitrogen and oxygen atoms in total. The van der Waals surface area contributed by atoms with Crippen molar-refractivity contribution in [3.05, 3.63) is 57.3 Å². The molecule has 2 aromatic carbocycles. The highest BCUT2D eigenvalue weighted by atomic mass is 79.9. The van der Waals surface area contributed by atoms with Crippen LogP contribution in [0, 0.1) is 6.92 Å². The Kier molecular flexibility index (Phi) is 6.27. The lowest BCUT2D eigenvalue weighted by Gasteiger charge is -2.12. The second-order valence-electron chi connectivity index (χ2n) is 6.72. The van der Waals surface area contributed by atoms with Gasteiger partial charge in [0.05, 0.1) is 18.8 Å². The Morgan fingerprint density at radius 2 is 1.93 bits per heavy atom. The number of carbonyl (C=O) groups excluding carboxylic acids is 2. The number of ketones is 1. The molecule has 0 N–H and O–H groups in total. The summed E-state index contributed by atoms with van der Waals surface area (Å²) >= 11 is 3.42. The quantitative estimate of drug-likeness (QED) is 0.458. The fourth-order valence-electron chi connectivity index (χ4n) is 2.92. The van der Waals surface area contributed by atoms with Crippen LogP contribution in [0.5, 0.6) is 17.2 Å². The molecular weight excluding hydrogens is 440 g/mol. The first-order valence-corrected chi connectivity index (χ1v) is 9.83. The topological polar surface area (TPSA) is 71.1 Å². The Morgan fingerprint density at radius 3 is 2.62 bits per heavy atom. The van der Waals surface area contributed by atoms with E-state index < -0.39 is 5.97 Å². The molecule has 1 aliphatic rings. The SMILES string of the molecule is COc1ccc(Br)cc1/C=C1\Oc2c(ccc(OCC(=O)OC(C)C)c2C)C1=O. The molecule has 0 saturated heterocycles. The molecule has 0 saturated carbocycles. The van der Waals surface area contributed by atoms with Crippen molar-refractivity contribution in [2.75, 3.05) is 13.7 Å². The van der Waals surface area contributed by atoms with Gasteiger partial charge in [0.15, 0.2) is 12.4 Å². The van der Waals surface area contributed by atoms with Crippen molar-refractivity contribution in [2.45, 2.75) is 26.9 Å². The number of hydrogen-bond acceptors (Lipinski definition) is 6. The van der Waals surface area contributed by atoms with Crippen LogP contribution in [0.25, 0.3) is 6.08 Å². The van der Waals surface area contributed by atoms with Crippen molar-refractivity contribution in [3.63, 3.8) is 0 Å². The van der Waals surface area contributed by atoms with E-state index in [1.165, 1.54) is 0 Å². The Morgan fingerprint density at radius 1 is 1.21 bits per heavy atom. The van der Waals surface area contributed by atoms with Crippen LogP contribution in [-0.2, 0) is 9.53 Å². The van der Waals surface area contributed by atoms with E-state index in [9.17, 15) is 9.59 Å². The number of allylic oxidation sites excluding steroid dienone is 1. The molecule has 0 unspecified atom stereocenters. The second-order valence-corrected chi connectivity index (χ2v) is 7.63. The molecule has 1 aliphatic heterocycles. The summed E-state index contributed by atoms with van der Waals surface area (Å²) in [4.78, 5) is 24.5. The molecule has 0 atom stereocenters. The van der Waals surface area contributed by atoms with Crippen LogP contribution in [0.1, 0.15) is 35.3 Å². The zero-order valence-corrected chi connectivity index (χ0v) is 18.2. The van der Waals surface area contributed by atoms with Gasteiger partial charge in [-0.1, -0.05) is 15.9 Å². The van der Waals surface area contributed by atoms with Crippen LogP contribution in [0.2, 0.25) is 0 Å². The van der Waals surface area contributed by atoms with Crippen molar-refractivity contribution < 1.29 is 28.5 Å². The van der Waals surface area contributed by atoms with Crippen LogP contribution in [-0.4, -0.2) is 31.6 Å². The smallest absolute Gasteiger partial charge is 0.344 e. The molecule has 1 heterocycles. The third-order valence-corrected chi connectivity index (χ3v) is 4.72. The first-order valence-electron chi connectivity index (χ1n) is 9.03. The largest absolute Gasteiger partial charge is 0.496 e. The maximum Gasteiger partial charge on any atom is 0.344 e. The van der Waals surface area contributed by atoms with E-state index >= 15 is 0 Å². The maximum atomic E-state index is 12.8. The van der Waals surface area contributed by atoms with Gasteiger partial charge in [0, 0.05) is 15.6 Å². The predicted molar refractivity (Wildman–Crippen MR) is 112 cm³/mol. The van der Waals surface area contributed by atoms with Crippen LogP contribution in [0.4, 0.5) is 0 Å². The molecule has 0 amide bonds. The maximum absolute atomic E-state index is 12.8. The number of methoxy groups -OCH3 is 1. The number of carbonyl (C=O) groups is 2. The minimum absolute atomic E-state index is 0.191. The highest BCUT2D eigenvalue weighted by molar-refractivity contribution is 9.10. The molecule has 0 spiro atoms. The number of fused-ring (bicyclic) bond motifs is 1. The summed E-state index contributed by atoms with van der Waals surface area (Å²) in [7, 11) is 1.56. The van der Waals surface area contributed by atoms with Gasteiger partial charge < -0.3 is 18.9 Å². The Balaban J connectivity index is 1.85. The fraction of sp³-hybridized carbons (Fsp3) is 0.273. The summed E-state index contributed by atoms with van der Waals surface area (Å²) < 4.78 is 22.7. The molecule has 29 heavy (non-hydrogen) atoms. The van der Waals surface area contributed by atoms with Gasteiger partial charge in [-0.3, -0.25) is 4.79 Å². The summed E-state index contributed by atoms with van der Waals surface area (Å²) in [5, 5.41) is 0.